The summed E-state index contributed by atoms with van der Waals surface area (Å²) >= 11 is 0. The highest BCUT2D eigenvalue weighted by Gasteiger charge is 2.49. The van der Waals surface area contributed by atoms with Crippen LogP contribution < -0.4 is 0 Å². The fourth-order valence-electron chi connectivity index (χ4n) is 6.86. The SMILES string of the molecule is CCC[C@H]1OC(=O)[C@@H](C)[C@@H](O[Si](C)(C)C(C)(C)C)[C@@H]1C.CC[C@H]1OC(=O)[C@@H](C)[C@@H](OC(C)=O)[C@H]1C.CC[C@H]1OC(=O)[C@@H](C)[C@@H](O[Si](C)(C)C(C)(C)C)[C@H]1C. The zero-order valence-electron chi connectivity index (χ0n) is 37.8. The highest BCUT2D eigenvalue weighted by atomic mass is 28.4. The molecule has 0 aliphatic carbocycles. The van der Waals surface area contributed by atoms with Crippen LogP contribution in [0.15, 0.2) is 0 Å². The van der Waals surface area contributed by atoms with Crippen molar-refractivity contribution in [2.24, 2.45) is 35.5 Å². The Labute approximate surface area is 331 Å². The van der Waals surface area contributed by atoms with Crippen LogP contribution in [0.3, 0.4) is 0 Å². The van der Waals surface area contributed by atoms with Crippen molar-refractivity contribution in [3.8, 4) is 0 Å². The van der Waals surface area contributed by atoms with Crippen molar-refractivity contribution in [1.82, 2.24) is 0 Å². The first-order valence-electron chi connectivity index (χ1n) is 20.6. The lowest BCUT2D eigenvalue weighted by molar-refractivity contribution is -0.187. The number of hydrogen-bond donors (Lipinski definition) is 0. The fourth-order valence-corrected chi connectivity index (χ4v) is 9.77. The van der Waals surface area contributed by atoms with Gasteiger partial charge in [0, 0.05) is 24.7 Å². The molecular formula is C42H80O10Si2. The predicted octanol–water partition coefficient (Wildman–Crippen LogP) is 9.88. The third kappa shape index (κ3) is 12.9. The molecule has 54 heavy (non-hydrogen) atoms. The number of hydrogen-bond acceptors (Lipinski definition) is 10. The second-order valence-electron chi connectivity index (χ2n) is 19.2. The van der Waals surface area contributed by atoms with Crippen molar-refractivity contribution in [2.45, 2.75) is 209 Å². The van der Waals surface area contributed by atoms with Crippen LogP contribution in [0, 0.1) is 35.5 Å². The lowest BCUT2D eigenvalue weighted by Crippen LogP contribution is -2.54. The number of carbonyl (C=O) groups is 4. The molecule has 0 saturated carbocycles. The van der Waals surface area contributed by atoms with E-state index in [1.807, 2.05) is 27.7 Å². The van der Waals surface area contributed by atoms with Gasteiger partial charge >= 0.3 is 23.9 Å². The normalized spacial score (nSPS) is 33.5. The molecule has 3 fully saturated rings. The van der Waals surface area contributed by atoms with Gasteiger partial charge in [-0.3, -0.25) is 19.2 Å². The van der Waals surface area contributed by atoms with E-state index in [9.17, 15) is 19.2 Å². The molecule has 3 saturated heterocycles. The Hall–Kier alpha value is -1.77. The first-order chi connectivity index (χ1) is 24.5. The Balaban J connectivity index is 0.000000409. The molecule has 0 amide bonds. The van der Waals surface area contributed by atoms with E-state index in [1.54, 1.807) is 6.92 Å². The first kappa shape index (κ1) is 50.3. The van der Waals surface area contributed by atoms with E-state index in [0.717, 1.165) is 25.7 Å². The van der Waals surface area contributed by atoms with Crippen molar-refractivity contribution in [1.29, 1.82) is 0 Å². The Morgan fingerprint density at radius 1 is 0.574 bits per heavy atom. The average molecular weight is 801 g/mol. The topological polar surface area (TPSA) is 124 Å². The third-order valence-electron chi connectivity index (χ3n) is 12.9. The molecule has 12 heteroatoms. The van der Waals surface area contributed by atoms with E-state index in [0.29, 0.717) is 0 Å². The first-order valence-corrected chi connectivity index (χ1v) is 26.4. The molecule has 12 atom stereocenters. The molecule has 0 N–H and O–H groups in total. The molecule has 3 rings (SSSR count). The van der Waals surface area contributed by atoms with Gasteiger partial charge in [-0.25, -0.2) is 0 Å². The smallest absolute Gasteiger partial charge is 0.312 e. The number of rotatable bonds is 9. The molecule has 0 aromatic rings. The molecule has 10 nitrogen and oxygen atoms in total. The summed E-state index contributed by atoms with van der Waals surface area (Å²) in [6, 6.07) is 0. The quantitative estimate of drug-likeness (QED) is 0.126. The van der Waals surface area contributed by atoms with Gasteiger partial charge in [-0.05, 0) is 76.3 Å². The zero-order valence-corrected chi connectivity index (χ0v) is 39.8. The van der Waals surface area contributed by atoms with Gasteiger partial charge < -0.3 is 27.8 Å². The summed E-state index contributed by atoms with van der Waals surface area (Å²) in [6.07, 6.45) is 3.07. The van der Waals surface area contributed by atoms with Gasteiger partial charge in [-0.2, -0.15) is 0 Å². The Kier molecular flexibility index (Phi) is 18.7. The molecule has 316 valence electrons. The summed E-state index contributed by atoms with van der Waals surface area (Å²) in [5.41, 5.74) is 0. The molecule has 0 bridgehead atoms. The van der Waals surface area contributed by atoms with Crippen molar-refractivity contribution >= 4 is 40.5 Å². The molecule has 0 unspecified atom stereocenters. The summed E-state index contributed by atoms with van der Waals surface area (Å²) in [5, 5.41) is 0.323. The van der Waals surface area contributed by atoms with Crippen LogP contribution in [0.25, 0.3) is 0 Å². The van der Waals surface area contributed by atoms with Crippen LogP contribution in [0.4, 0.5) is 0 Å². The molecule has 0 aromatic carbocycles. The molecule has 0 aromatic heterocycles. The van der Waals surface area contributed by atoms with Crippen LogP contribution in [0.2, 0.25) is 36.3 Å². The lowest BCUT2D eigenvalue weighted by Gasteiger charge is -2.46. The van der Waals surface area contributed by atoms with Crippen LogP contribution in [0.5, 0.6) is 0 Å². The fraction of sp³-hybridized carbons (Fsp3) is 0.905. The second kappa shape index (κ2) is 20.1. The maximum Gasteiger partial charge on any atom is 0.312 e. The average Bonchev–Trinajstić information content (AvgIpc) is 3.05. The number of carbonyl (C=O) groups excluding carboxylic acids is 4. The van der Waals surface area contributed by atoms with Crippen molar-refractivity contribution in [2.75, 3.05) is 0 Å². The van der Waals surface area contributed by atoms with Gasteiger partial charge in [-0.15, -0.1) is 0 Å². The van der Waals surface area contributed by atoms with Crippen LogP contribution in [-0.4, -0.2) is 77.1 Å². The van der Waals surface area contributed by atoms with Crippen LogP contribution in [0.1, 0.15) is 136 Å². The van der Waals surface area contributed by atoms with Crippen molar-refractivity contribution in [3.05, 3.63) is 0 Å². The van der Waals surface area contributed by atoms with Crippen LogP contribution in [-0.2, 0) is 47.0 Å². The number of cyclic esters (lactones) is 3. The zero-order chi connectivity index (χ0) is 42.3. The van der Waals surface area contributed by atoms with E-state index in [1.165, 1.54) is 6.92 Å². The van der Waals surface area contributed by atoms with E-state index in [2.05, 4.69) is 95.4 Å². The van der Waals surface area contributed by atoms with Crippen molar-refractivity contribution < 1.29 is 47.0 Å². The molecule has 3 aliphatic heterocycles. The number of esters is 4. The second-order valence-corrected chi connectivity index (χ2v) is 28.7. The van der Waals surface area contributed by atoms with Gasteiger partial charge in [0.2, 0.25) is 0 Å². The van der Waals surface area contributed by atoms with Gasteiger partial charge in [0.1, 0.15) is 24.4 Å². The minimum Gasteiger partial charge on any atom is -0.462 e. The summed E-state index contributed by atoms with van der Waals surface area (Å²) < 4.78 is 34.5. The van der Waals surface area contributed by atoms with Gasteiger partial charge in [0.05, 0.1) is 30.0 Å². The third-order valence-corrected chi connectivity index (χ3v) is 21.8. The van der Waals surface area contributed by atoms with E-state index < -0.39 is 16.6 Å². The molecule has 0 radical (unpaired) electrons. The highest BCUT2D eigenvalue weighted by molar-refractivity contribution is 6.74. The molecular weight excluding hydrogens is 721 g/mol. The number of ether oxygens (including phenoxy) is 4. The standard InChI is InChI=1S/C16H32O3Si.C15H30O3Si.C11H18O4/c1-9-10-13-11(2)14(12(3)15(17)18-13)19-20(7,8)16(4,5)6;1-9-12-10(2)13(11(3)14(16)17-12)18-19(7,8)15(4,5)6;1-5-9-6(2)10(14-8(4)12)7(3)11(13)15-9/h11-14H,9-10H2,1-8H3;10-13H,9H2,1-8H3;6-7,9-10H,5H2,1-4H3/t11-,12+,13-,14+;10-,11-,12+,13-;6-,7-,9+,10-/m100/s1. The van der Waals surface area contributed by atoms with Crippen LogP contribution >= 0.6 is 0 Å². The monoisotopic (exact) mass is 801 g/mol. The maximum atomic E-state index is 12.1. The van der Waals surface area contributed by atoms with Gasteiger partial charge in [0.25, 0.3) is 0 Å². The minimum atomic E-state index is -1.87. The van der Waals surface area contributed by atoms with Gasteiger partial charge in [0.15, 0.2) is 16.6 Å². The summed E-state index contributed by atoms with van der Waals surface area (Å²) in [5.74, 6) is -0.894. The summed E-state index contributed by atoms with van der Waals surface area (Å²) in [4.78, 5) is 46.5. The largest absolute Gasteiger partial charge is 0.462 e. The van der Waals surface area contributed by atoms with E-state index in [-0.39, 0.29) is 106 Å². The Morgan fingerprint density at radius 2 is 0.870 bits per heavy atom. The lowest BCUT2D eigenvalue weighted by atomic mass is 9.85. The minimum absolute atomic E-state index is 0.00142. The predicted molar refractivity (Wildman–Crippen MR) is 220 cm³/mol. The maximum absolute atomic E-state index is 12.1. The summed E-state index contributed by atoms with van der Waals surface area (Å²) in [6.45, 7) is 41.8. The highest BCUT2D eigenvalue weighted by Crippen LogP contribution is 2.43. The van der Waals surface area contributed by atoms with Crippen molar-refractivity contribution in [3.63, 3.8) is 0 Å². The van der Waals surface area contributed by atoms with E-state index in [4.69, 9.17) is 27.8 Å². The molecule has 3 heterocycles. The van der Waals surface area contributed by atoms with E-state index >= 15 is 0 Å². The Bertz CT molecular complexity index is 1240. The molecule has 3 aliphatic rings. The molecule has 0 spiro atoms. The Morgan fingerprint density at radius 3 is 1.17 bits per heavy atom. The summed E-state index contributed by atoms with van der Waals surface area (Å²) in [7, 11) is -3.72. The van der Waals surface area contributed by atoms with Gasteiger partial charge in [-0.1, -0.05) is 89.5 Å².